The van der Waals surface area contributed by atoms with Gasteiger partial charge >= 0.3 is 0 Å². The van der Waals surface area contributed by atoms with Crippen LogP contribution in [0.5, 0.6) is 11.5 Å². The van der Waals surface area contributed by atoms with Gasteiger partial charge in [-0.3, -0.25) is 0 Å². The molecule has 1 saturated heterocycles. The normalized spacial score (nSPS) is 18.1. The number of hydrogen-bond donors (Lipinski definition) is 0. The Labute approximate surface area is 161 Å². The Morgan fingerprint density at radius 2 is 1.93 bits per heavy atom. The fourth-order valence-corrected chi connectivity index (χ4v) is 5.97. The van der Waals surface area contributed by atoms with Crippen LogP contribution < -0.4 is 9.47 Å². The van der Waals surface area contributed by atoms with Crippen LogP contribution in [0.1, 0.15) is 24.4 Å². The molecule has 1 unspecified atom stereocenters. The van der Waals surface area contributed by atoms with E-state index >= 15 is 0 Å². The third kappa shape index (κ3) is 3.05. The van der Waals surface area contributed by atoms with Crippen molar-refractivity contribution in [1.29, 1.82) is 0 Å². The van der Waals surface area contributed by atoms with E-state index in [2.05, 4.69) is 8.75 Å². The van der Waals surface area contributed by atoms with E-state index in [9.17, 15) is 8.42 Å². The van der Waals surface area contributed by atoms with Crippen molar-refractivity contribution in [3.05, 3.63) is 42.0 Å². The molecule has 1 atom stereocenters. The molecule has 4 rings (SSSR count). The van der Waals surface area contributed by atoms with Crippen LogP contribution in [-0.4, -0.2) is 42.2 Å². The minimum Gasteiger partial charge on any atom is -0.493 e. The molecule has 142 valence electrons. The van der Waals surface area contributed by atoms with Crippen LogP contribution >= 0.6 is 11.7 Å². The van der Waals surface area contributed by atoms with E-state index < -0.39 is 10.0 Å². The molecule has 1 fully saturated rings. The lowest BCUT2D eigenvalue weighted by Gasteiger charge is -2.25. The monoisotopic (exact) mass is 405 g/mol. The van der Waals surface area contributed by atoms with Crippen LogP contribution in [0.3, 0.4) is 0 Å². The summed E-state index contributed by atoms with van der Waals surface area (Å²) in [6.45, 7) is 0.468. The van der Waals surface area contributed by atoms with Crippen LogP contribution in [-0.2, 0) is 10.0 Å². The van der Waals surface area contributed by atoms with Crippen molar-refractivity contribution in [2.45, 2.75) is 23.8 Å². The van der Waals surface area contributed by atoms with Gasteiger partial charge in [-0.1, -0.05) is 12.1 Å². The zero-order valence-corrected chi connectivity index (χ0v) is 16.6. The lowest BCUT2D eigenvalue weighted by Crippen LogP contribution is -2.30. The van der Waals surface area contributed by atoms with E-state index in [4.69, 9.17) is 9.47 Å². The van der Waals surface area contributed by atoms with Gasteiger partial charge in [0.05, 0.1) is 32.0 Å². The Bertz CT molecular complexity index is 1080. The predicted octanol–water partition coefficient (Wildman–Crippen LogP) is 3.23. The average molecular weight is 406 g/mol. The Kier molecular flexibility index (Phi) is 4.75. The van der Waals surface area contributed by atoms with Crippen LogP contribution in [0, 0.1) is 0 Å². The Balaban J connectivity index is 1.76. The van der Waals surface area contributed by atoms with Gasteiger partial charge in [-0.15, -0.1) is 0 Å². The third-order valence-electron chi connectivity index (χ3n) is 4.83. The van der Waals surface area contributed by atoms with Gasteiger partial charge in [-0.25, -0.2) is 8.42 Å². The maximum atomic E-state index is 13.4. The first-order valence-electron chi connectivity index (χ1n) is 8.51. The van der Waals surface area contributed by atoms with Crippen molar-refractivity contribution in [1.82, 2.24) is 13.1 Å². The number of benzene rings is 2. The largest absolute Gasteiger partial charge is 0.493 e. The van der Waals surface area contributed by atoms with Crippen molar-refractivity contribution in [2.24, 2.45) is 0 Å². The molecule has 0 N–H and O–H groups in total. The Morgan fingerprint density at radius 3 is 2.70 bits per heavy atom. The number of sulfonamides is 1. The lowest BCUT2D eigenvalue weighted by atomic mass is 10.0. The second kappa shape index (κ2) is 7.06. The van der Waals surface area contributed by atoms with Gasteiger partial charge in [0, 0.05) is 6.54 Å². The highest BCUT2D eigenvalue weighted by molar-refractivity contribution is 7.89. The summed E-state index contributed by atoms with van der Waals surface area (Å²) in [5.41, 5.74) is 1.92. The first-order valence-corrected chi connectivity index (χ1v) is 10.7. The minimum absolute atomic E-state index is 0.209. The minimum atomic E-state index is -3.70. The number of fused-ring (bicyclic) bond motifs is 1. The highest BCUT2D eigenvalue weighted by Gasteiger charge is 2.37. The predicted molar refractivity (Wildman–Crippen MR) is 103 cm³/mol. The van der Waals surface area contributed by atoms with Crippen molar-refractivity contribution in [3.8, 4) is 11.5 Å². The maximum Gasteiger partial charge on any atom is 0.245 e. The molecule has 0 bridgehead atoms. The van der Waals surface area contributed by atoms with Crippen LogP contribution in [0.15, 0.2) is 41.3 Å². The molecule has 0 radical (unpaired) electrons. The molecule has 1 aromatic heterocycles. The zero-order chi connectivity index (χ0) is 19.0. The number of hydrogen-bond acceptors (Lipinski definition) is 7. The molecule has 2 heterocycles. The van der Waals surface area contributed by atoms with Crippen LogP contribution in [0.4, 0.5) is 0 Å². The summed E-state index contributed by atoms with van der Waals surface area (Å²) in [4.78, 5) is 0.209. The van der Waals surface area contributed by atoms with Gasteiger partial charge in [-0.05, 0) is 42.7 Å². The van der Waals surface area contributed by atoms with Gasteiger partial charge < -0.3 is 9.47 Å². The molecule has 0 amide bonds. The summed E-state index contributed by atoms with van der Waals surface area (Å²) in [6.07, 6.45) is 1.55. The van der Waals surface area contributed by atoms with Gasteiger partial charge in [0.1, 0.15) is 15.9 Å². The van der Waals surface area contributed by atoms with E-state index in [1.165, 1.54) is 0 Å². The molecule has 3 aromatic rings. The van der Waals surface area contributed by atoms with Crippen molar-refractivity contribution in [3.63, 3.8) is 0 Å². The maximum absolute atomic E-state index is 13.4. The SMILES string of the molecule is COc1ccc(C2CCCN2S(=O)(=O)c2cccc3nsnc23)cc1OC. The molecular weight excluding hydrogens is 386 g/mol. The number of rotatable bonds is 5. The van der Waals surface area contributed by atoms with E-state index in [0.717, 1.165) is 30.1 Å². The van der Waals surface area contributed by atoms with E-state index in [1.807, 2.05) is 18.2 Å². The molecule has 9 heteroatoms. The van der Waals surface area contributed by atoms with Gasteiger partial charge in [0.2, 0.25) is 10.0 Å². The van der Waals surface area contributed by atoms with Crippen LogP contribution in [0.25, 0.3) is 11.0 Å². The summed E-state index contributed by atoms with van der Waals surface area (Å²) in [7, 11) is -0.556. The number of methoxy groups -OCH3 is 2. The molecular formula is C18H19N3O4S2. The van der Waals surface area contributed by atoms with Crippen LogP contribution in [0.2, 0.25) is 0 Å². The third-order valence-corrected chi connectivity index (χ3v) is 7.31. The number of nitrogens with zero attached hydrogens (tertiary/aromatic N) is 3. The molecule has 1 aliphatic rings. The molecule has 2 aromatic carbocycles. The van der Waals surface area contributed by atoms with Crippen molar-refractivity contribution >= 4 is 32.8 Å². The molecule has 0 saturated carbocycles. The number of ether oxygens (including phenoxy) is 2. The van der Waals surface area contributed by atoms with E-state index in [0.29, 0.717) is 29.1 Å². The van der Waals surface area contributed by atoms with Gasteiger partial charge in [0.25, 0.3) is 0 Å². The zero-order valence-electron chi connectivity index (χ0n) is 15.0. The quantitative estimate of drug-likeness (QED) is 0.648. The summed E-state index contributed by atoms with van der Waals surface area (Å²) in [5.74, 6) is 1.21. The van der Waals surface area contributed by atoms with Gasteiger partial charge in [0.15, 0.2) is 11.5 Å². The molecule has 0 aliphatic carbocycles. The average Bonchev–Trinajstić information content (AvgIpc) is 3.36. The highest BCUT2D eigenvalue weighted by Crippen LogP contribution is 2.40. The molecule has 1 aliphatic heterocycles. The second-order valence-electron chi connectivity index (χ2n) is 6.28. The van der Waals surface area contributed by atoms with Crippen molar-refractivity contribution in [2.75, 3.05) is 20.8 Å². The fraction of sp³-hybridized carbons (Fsp3) is 0.333. The van der Waals surface area contributed by atoms with Gasteiger partial charge in [-0.2, -0.15) is 13.1 Å². The topological polar surface area (TPSA) is 81.6 Å². The Hall–Kier alpha value is -2.23. The van der Waals surface area contributed by atoms with E-state index in [-0.39, 0.29) is 10.9 Å². The smallest absolute Gasteiger partial charge is 0.245 e. The lowest BCUT2D eigenvalue weighted by molar-refractivity contribution is 0.351. The highest BCUT2D eigenvalue weighted by atomic mass is 32.2. The Morgan fingerprint density at radius 1 is 1.11 bits per heavy atom. The van der Waals surface area contributed by atoms with Crippen molar-refractivity contribution < 1.29 is 17.9 Å². The first kappa shape index (κ1) is 18.1. The number of aromatic nitrogens is 2. The van der Waals surface area contributed by atoms with E-state index in [1.54, 1.807) is 36.7 Å². The standard InChI is InChI=1S/C18H19N3O4S2/c1-24-15-9-8-12(11-16(15)25-2)14-6-4-10-21(14)27(22,23)17-7-3-5-13-18(17)20-26-19-13/h3,5,7-9,11,14H,4,6,10H2,1-2H3. The second-order valence-corrected chi connectivity index (χ2v) is 8.66. The first-order chi connectivity index (χ1) is 13.1. The summed E-state index contributed by atoms with van der Waals surface area (Å²) in [5, 5.41) is 0. The fourth-order valence-electron chi connectivity index (χ4n) is 3.54. The molecule has 27 heavy (non-hydrogen) atoms. The summed E-state index contributed by atoms with van der Waals surface area (Å²) < 4.78 is 47.4. The molecule has 0 spiro atoms. The molecule has 7 nitrogen and oxygen atoms in total. The summed E-state index contributed by atoms with van der Waals surface area (Å²) in [6, 6.07) is 10.4. The summed E-state index contributed by atoms with van der Waals surface area (Å²) >= 11 is 1.02.